The van der Waals surface area contributed by atoms with E-state index >= 15 is 0 Å². The summed E-state index contributed by atoms with van der Waals surface area (Å²) < 4.78 is 1.70. The fourth-order valence-corrected chi connectivity index (χ4v) is 4.01. The van der Waals surface area contributed by atoms with E-state index in [-0.39, 0.29) is 23.6 Å². The molecule has 0 radical (unpaired) electrons. The molecule has 3 rings (SSSR count). The van der Waals surface area contributed by atoms with Crippen molar-refractivity contribution in [2.45, 2.75) is 51.1 Å². The molecule has 2 aliphatic rings. The first kappa shape index (κ1) is 17.0. The Morgan fingerprint density at radius 1 is 1.33 bits per heavy atom. The summed E-state index contributed by atoms with van der Waals surface area (Å²) >= 11 is 0. The zero-order valence-corrected chi connectivity index (χ0v) is 14.4. The molecule has 3 heterocycles. The summed E-state index contributed by atoms with van der Waals surface area (Å²) in [5.74, 6) is 1.34. The third-order valence-corrected chi connectivity index (χ3v) is 5.29. The number of hydrogen-bond donors (Lipinski definition) is 1. The van der Waals surface area contributed by atoms with Gasteiger partial charge < -0.3 is 4.90 Å². The highest BCUT2D eigenvalue weighted by atomic mass is 16.2. The second kappa shape index (κ2) is 7.34. The summed E-state index contributed by atoms with van der Waals surface area (Å²) in [5.41, 5.74) is -0.142. The Labute approximate surface area is 142 Å². The number of piperidine rings is 1. The largest absolute Gasteiger partial charge is 0.343 e. The summed E-state index contributed by atoms with van der Waals surface area (Å²) in [6.45, 7) is 9.61. The van der Waals surface area contributed by atoms with Gasteiger partial charge >= 0.3 is 5.69 Å². The number of aromatic amines is 1. The predicted octanol–water partition coefficient (Wildman–Crippen LogP) is 0.948. The number of hydrogen-bond acceptors (Lipinski definition) is 4. The van der Waals surface area contributed by atoms with Crippen LogP contribution in [0, 0.1) is 0 Å². The lowest BCUT2D eigenvalue weighted by Gasteiger charge is -2.35. The molecule has 132 valence electrons. The van der Waals surface area contributed by atoms with Gasteiger partial charge in [-0.3, -0.25) is 14.3 Å². The van der Waals surface area contributed by atoms with Crippen molar-refractivity contribution in [2.24, 2.45) is 0 Å². The van der Waals surface area contributed by atoms with Gasteiger partial charge in [0.15, 0.2) is 0 Å². The minimum Gasteiger partial charge on any atom is -0.341 e. The van der Waals surface area contributed by atoms with Crippen LogP contribution in [0.1, 0.15) is 44.3 Å². The highest BCUT2D eigenvalue weighted by Gasteiger charge is 2.35. The molecule has 1 amide bonds. The number of amides is 1. The van der Waals surface area contributed by atoms with Gasteiger partial charge in [-0.05, 0) is 39.2 Å². The Bertz CT molecular complexity index is 642. The quantitative estimate of drug-likeness (QED) is 0.814. The Morgan fingerprint density at radius 3 is 2.75 bits per heavy atom. The molecule has 7 heteroatoms. The third kappa shape index (κ3) is 3.17. The molecule has 0 saturated carbocycles. The first-order valence-electron chi connectivity index (χ1n) is 8.94. The van der Waals surface area contributed by atoms with Gasteiger partial charge in [0.05, 0.1) is 6.04 Å². The van der Waals surface area contributed by atoms with Gasteiger partial charge in [0.25, 0.3) is 0 Å². The van der Waals surface area contributed by atoms with E-state index in [1.807, 2.05) is 17.9 Å². The molecule has 2 aliphatic heterocycles. The molecule has 1 atom stereocenters. The van der Waals surface area contributed by atoms with E-state index in [1.54, 1.807) is 4.57 Å². The standard InChI is InChI=1S/C17H27N5O2/c1-3-9-20-10-5-6-14(20)16(23)21-11-7-13(8-12-21)15-18-19-17(24)22(15)4-2/h3,13-14H,1,4-12H2,2H3,(H,19,24)/t14-/m1/s1. The second-order valence-electron chi connectivity index (χ2n) is 6.67. The van der Waals surface area contributed by atoms with E-state index in [4.69, 9.17) is 0 Å². The smallest absolute Gasteiger partial charge is 0.341 e. The van der Waals surface area contributed by atoms with E-state index in [1.165, 1.54) is 0 Å². The van der Waals surface area contributed by atoms with Gasteiger partial charge in [-0.2, -0.15) is 5.10 Å². The number of nitrogens with one attached hydrogen (secondary N) is 1. The normalized spacial score (nSPS) is 22.9. The highest BCUT2D eigenvalue weighted by Crippen LogP contribution is 2.28. The first-order chi connectivity index (χ1) is 11.7. The predicted molar refractivity (Wildman–Crippen MR) is 91.9 cm³/mol. The zero-order chi connectivity index (χ0) is 17.1. The average Bonchev–Trinajstić information content (AvgIpc) is 3.21. The molecule has 0 unspecified atom stereocenters. The Hall–Kier alpha value is -1.89. The molecule has 0 bridgehead atoms. The summed E-state index contributed by atoms with van der Waals surface area (Å²) in [7, 11) is 0. The number of carbonyl (C=O) groups is 1. The van der Waals surface area contributed by atoms with Crippen LogP contribution in [-0.4, -0.2) is 62.7 Å². The number of aromatic nitrogens is 3. The maximum atomic E-state index is 12.8. The fourth-order valence-electron chi connectivity index (χ4n) is 4.01. The third-order valence-electron chi connectivity index (χ3n) is 5.29. The molecule has 2 saturated heterocycles. The Morgan fingerprint density at radius 2 is 2.08 bits per heavy atom. The van der Waals surface area contributed by atoms with Crippen molar-refractivity contribution >= 4 is 5.91 Å². The van der Waals surface area contributed by atoms with Crippen LogP contribution in [0.3, 0.4) is 0 Å². The Balaban J connectivity index is 1.61. The van der Waals surface area contributed by atoms with Crippen molar-refractivity contribution in [3.8, 4) is 0 Å². The maximum Gasteiger partial charge on any atom is 0.343 e. The lowest BCUT2D eigenvalue weighted by molar-refractivity contribution is -0.136. The lowest BCUT2D eigenvalue weighted by Crippen LogP contribution is -2.48. The van der Waals surface area contributed by atoms with Crippen molar-refractivity contribution < 1.29 is 4.79 Å². The van der Waals surface area contributed by atoms with E-state index in [9.17, 15) is 9.59 Å². The van der Waals surface area contributed by atoms with Crippen LogP contribution in [0.4, 0.5) is 0 Å². The van der Waals surface area contributed by atoms with Crippen LogP contribution in [0.25, 0.3) is 0 Å². The molecule has 1 N–H and O–H groups in total. The van der Waals surface area contributed by atoms with Crippen molar-refractivity contribution in [2.75, 3.05) is 26.2 Å². The number of rotatable bonds is 5. The van der Waals surface area contributed by atoms with Gasteiger partial charge in [0.1, 0.15) is 5.82 Å². The SMILES string of the molecule is C=CCN1CCC[C@@H]1C(=O)N1CCC(c2n[nH]c(=O)n2CC)CC1. The van der Waals surface area contributed by atoms with E-state index in [0.717, 1.165) is 57.7 Å². The topological polar surface area (TPSA) is 74.2 Å². The van der Waals surface area contributed by atoms with E-state index in [0.29, 0.717) is 6.54 Å². The second-order valence-corrected chi connectivity index (χ2v) is 6.67. The maximum absolute atomic E-state index is 12.8. The number of H-pyrrole nitrogens is 1. The van der Waals surface area contributed by atoms with E-state index < -0.39 is 0 Å². The molecule has 0 spiro atoms. The molecule has 0 aliphatic carbocycles. The van der Waals surface area contributed by atoms with Gasteiger partial charge in [-0.25, -0.2) is 9.89 Å². The molecular formula is C17H27N5O2. The van der Waals surface area contributed by atoms with Crippen LogP contribution in [-0.2, 0) is 11.3 Å². The van der Waals surface area contributed by atoms with Crippen LogP contribution in [0.2, 0.25) is 0 Å². The first-order valence-corrected chi connectivity index (χ1v) is 8.94. The van der Waals surface area contributed by atoms with E-state index in [2.05, 4.69) is 21.7 Å². The van der Waals surface area contributed by atoms with Crippen molar-refractivity contribution in [3.63, 3.8) is 0 Å². The van der Waals surface area contributed by atoms with Gasteiger partial charge in [-0.15, -0.1) is 6.58 Å². The van der Waals surface area contributed by atoms with Crippen molar-refractivity contribution in [1.82, 2.24) is 24.6 Å². The number of nitrogens with zero attached hydrogens (tertiary/aromatic N) is 4. The van der Waals surface area contributed by atoms with Crippen molar-refractivity contribution in [3.05, 3.63) is 29.0 Å². The molecule has 1 aromatic heterocycles. The summed E-state index contributed by atoms with van der Waals surface area (Å²) in [5, 5.41) is 6.74. The summed E-state index contributed by atoms with van der Waals surface area (Å²) in [6, 6.07) is 0.0127. The molecule has 7 nitrogen and oxygen atoms in total. The molecule has 2 fully saturated rings. The van der Waals surface area contributed by atoms with Crippen LogP contribution in [0.15, 0.2) is 17.4 Å². The summed E-state index contributed by atoms with van der Waals surface area (Å²) in [6.07, 6.45) is 5.63. The lowest BCUT2D eigenvalue weighted by atomic mass is 9.95. The van der Waals surface area contributed by atoms with Crippen LogP contribution in [0.5, 0.6) is 0 Å². The van der Waals surface area contributed by atoms with Gasteiger partial charge in [0, 0.05) is 32.1 Å². The van der Waals surface area contributed by atoms with Gasteiger partial charge in [0.2, 0.25) is 5.91 Å². The zero-order valence-electron chi connectivity index (χ0n) is 14.4. The minimum atomic E-state index is -0.142. The Kier molecular flexibility index (Phi) is 5.18. The summed E-state index contributed by atoms with van der Waals surface area (Å²) in [4.78, 5) is 28.8. The van der Waals surface area contributed by atoms with Crippen molar-refractivity contribution in [1.29, 1.82) is 0 Å². The molecule has 1 aromatic rings. The van der Waals surface area contributed by atoms with Gasteiger partial charge in [-0.1, -0.05) is 6.08 Å². The average molecular weight is 333 g/mol. The molecular weight excluding hydrogens is 306 g/mol. The van der Waals surface area contributed by atoms with Crippen LogP contribution >= 0.6 is 0 Å². The van der Waals surface area contributed by atoms with Crippen LogP contribution < -0.4 is 5.69 Å². The monoisotopic (exact) mass is 333 g/mol. The minimum absolute atomic E-state index is 0.0127. The highest BCUT2D eigenvalue weighted by molar-refractivity contribution is 5.82. The number of carbonyl (C=O) groups excluding carboxylic acids is 1. The fraction of sp³-hybridized carbons (Fsp3) is 0.706. The number of likely N-dealkylation sites (tertiary alicyclic amines) is 2. The molecule has 24 heavy (non-hydrogen) atoms. The molecule has 0 aromatic carbocycles.